The van der Waals surface area contributed by atoms with E-state index in [0.717, 1.165) is 27.9 Å². The molecule has 4 aromatic carbocycles. The van der Waals surface area contributed by atoms with Crippen molar-refractivity contribution >= 4 is 27.3 Å². The molecule has 4 aromatic rings. The van der Waals surface area contributed by atoms with E-state index in [0.29, 0.717) is 24.5 Å². The van der Waals surface area contributed by atoms with Gasteiger partial charge in [0.25, 0.3) is 0 Å². The van der Waals surface area contributed by atoms with E-state index in [2.05, 4.69) is 21.8 Å². The fourth-order valence-electron chi connectivity index (χ4n) is 4.55. The van der Waals surface area contributed by atoms with E-state index in [1.54, 1.807) is 42.5 Å². The zero-order valence-corrected chi connectivity index (χ0v) is 20.4. The molecule has 0 spiro atoms. The molecule has 0 radical (unpaired) electrons. The SMILES string of the molecule is O=S(=O)(NC1Cc2cc(-c3ccc(F)cc3)ccc2N(Cc2cccc(Cl)c2)C1)c1ccccc1. The topological polar surface area (TPSA) is 49.4 Å². The van der Waals surface area contributed by atoms with E-state index < -0.39 is 10.0 Å². The predicted molar refractivity (Wildman–Crippen MR) is 139 cm³/mol. The number of hydrogen-bond acceptors (Lipinski definition) is 3. The Balaban J connectivity index is 1.49. The quantitative estimate of drug-likeness (QED) is 0.346. The van der Waals surface area contributed by atoms with Crippen LogP contribution in [0.4, 0.5) is 10.1 Å². The molecule has 1 unspecified atom stereocenters. The molecule has 35 heavy (non-hydrogen) atoms. The average molecular weight is 507 g/mol. The van der Waals surface area contributed by atoms with Crippen molar-refractivity contribution in [2.24, 2.45) is 0 Å². The number of anilines is 1. The normalized spacial score (nSPS) is 15.6. The van der Waals surface area contributed by atoms with Crippen molar-refractivity contribution in [2.45, 2.75) is 23.9 Å². The molecule has 1 heterocycles. The minimum Gasteiger partial charge on any atom is -0.365 e. The van der Waals surface area contributed by atoms with Gasteiger partial charge in [-0.25, -0.2) is 17.5 Å². The van der Waals surface area contributed by atoms with E-state index in [1.807, 2.05) is 30.3 Å². The summed E-state index contributed by atoms with van der Waals surface area (Å²) in [6.45, 7) is 1.11. The maximum absolute atomic E-state index is 13.4. The second-order valence-electron chi connectivity index (χ2n) is 8.70. The summed E-state index contributed by atoms with van der Waals surface area (Å²) in [5, 5.41) is 0.660. The van der Waals surface area contributed by atoms with E-state index >= 15 is 0 Å². The first kappa shape index (κ1) is 23.5. The first-order chi connectivity index (χ1) is 16.9. The molecule has 0 saturated heterocycles. The van der Waals surface area contributed by atoms with Gasteiger partial charge in [-0.2, -0.15) is 0 Å². The number of sulfonamides is 1. The molecule has 1 atom stereocenters. The fraction of sp³-hybridized carbons (Fsp3) is 0.143. The van der Waals surface area contributed by atoms with Crippen LogP contribution in [0.1, 0.15) is 11.1 Å². The molecule has 0 fully saturated rings. The Bertz CT molecular complexity index is 1440. The molecule has 0 amide bonds. The number of benzene rings is 4. The van der Waals surface area contributed by atoms with Gasteiger partial charge < -0.3 is 4.90 Å². The van der Waals surface area contributed by atoms with Crippen LogP contribution in [0, 0.1) is 5.82 Å². The molecular formula is C28H24ClFN2O2S. The van der Waals surface area contributed by atoms with Gasteiger partial charge in [0.05, 0.1) is 4.90 Å². The highest BCUT2D eigenvalue weighted by molar-refractivity contribution is 7.89. The van der Waals surface area contributed by atoms with Gasteiger partial charge in [-0.05, 0) is 77.2 Å². The lowest BCUT2D eigenvalue weighted by atomic mass is 9.94. The third kappa shape index (κ3) is 5.40. The molecule has 1 N–H and O–H groups in total. The Morgan fingerprint density at radius 2 is 1.63 bits per heavy atom. The van der Waals surface area contributed by atoms with Crippen LogP contribution in [0.15, 0.2) is 102 Å². The average Bonchev–Trinajstić information content (AvgIpc) is 2.84. The summed E-state index contributed by atoms with van der Waals surface area (Å²) in [7, 11) is -3.67. The Hall–Kier alpha value is -3.19. The van der Waals surface area contributed by atoms with Crippen LogP contribution < -0.4 is 9.62 Å². The van der Waals surface area contributed by atoms with Crippen molar-refractivity contribution in [2.75, 3.05) is 11.4 Å². The van der Waals surface area contributed by atoms with Gasteiger partial charge in [0.15, 0.2) is 0 Å². The highest BCUT2D eigenvalue weighted by Gasteiger charge is 2.29. The van der Waals surface area contributed by atoms with Gasteiger partial charge in [-0.15, -0.1) is 0 Å². The summed E-state index contributed by atoms with van der Waals surface area (Å²) in [6.07, 6.45) is 0.544. The zero-order valence-electron chi connectivity index (χ0n) is 18.9. The zero-order chi connectivity index (χ0) is 24.4. The van der Waals surface area contributed by atoms with Crippen LogP contribution in [0.3, 0.4) is 0 Å². The number of nitrogens with one attached hydrogen (secondary N) is 1. The molecule has 0 saturated carbocycles. The Morgan fingerprint density at radius 3 is 2.37 bits per heavy atom. The van der Waals surface area contributed by atoms with Crippen LogP contribution in [-0.2, 0) is 23.0 Å². The maximum Gasteiger partial charge on any atom is 0.240 e. The highest BCUT2D eigenvalue weighted by atomic mass is 35.5. The smallest absolute Gasteiger partial charge is 0.240 e. The van der Waals surface area contributed by atoms with Gasteiger partial charge in [-0.1, -0.05) is 60.1 Å². The Labute approximate surface area is 210 Å². The molecule has 0 bridgehead atoms. The highest BCUT2D eigenvalue weighted by Crippen LogP contribution is 2.33. The molecule has 1 aliphatic heterocycles. The molecule has 1 aliphatic rings. The summed E-state index contributed by atoms with van der Waals surface area (Å²) >= 11 is 6.21. The van der Waals surface area contributed by atoms with Crippen molar-refractivity contribution in [1.82, 2.24) is 4.72 Å². The van der Waals surface area contributed by atoms with Gasteiger partial charge in [-0.3, -0.25) is 0 Å². The second-order valence-corrected chi connectivity index (χ2v) is 10.8. The maximum atomic E-state index is 13.4. The lowest BCUT2D eigenvalue weighted by molar-refractivity contribution is 0.524. The summed E-state index contributed by atoms with van der Waals surface area (Å²) in [6, 6.07) is 28.3. The van der Waals surface area contributed by atoms with Gasteiger partial charge >= 0.3 is 0 Å². The molecule has 0 aromatic heterocycles. The summed E-state index contributed by atoms with van der Waals surface area (Å²) in [5.41, 5.74) is 4.98. The van der Waals surface area contributed by atoms with E-state index in [1.165, 1.54) is 12.1 Å². The summed E-state index contributed by atoms with van der Waals surface area (Å²) in [5.74, 6) is -0.283. The molecule has 0 aliphatic carbocycles. The minimum atomic E-state index is -3.67. The number of rotatable bonds is 6. The number of nitrogens with zero attached hydrogens (tertiary/aromatic N) is 1. The van der Waals surface area contributed by atoms with Crippen LogP contribution in [0.2, 0.25) is 5.02 Å². The van der Waals surface area contributed by atoms with Gasteiger partial charge in [0.2, 0.25) is 10.0 Å². The largest absolute Gasteiger partial charge is 0.365 e. The van der Waals surface area contributed by atoms with Crippen LogP contribution in [-0.4, -0.2) is 21.0 Å². The molecule has 4 nitrogen and oxygen atoms in total. The van der Waals surface area contributed by atoms with Crippen LogP contribution in [0.5, 0.6) is 0 Å². The fourth-order valence-corrected chi connectivity index (χ4v) is 6.01. The third-order valence-corrected chi connectivity index (χ3v) is 7.91. The van der Waals surface area contributed by atoms with Crippen molar-refractivity contribution in [1.29, 1.82) is 0 Å². The first-order valence-electron chi connectivity index (χ1n) is 11.3. The van der Waals surface area contributed by atoms with Crippen molar-refractivity contribution in [3.8, 4) is 11.1 Å². The van der Waals surface area contributed by atoms with E-state index in [4.69, 9.17) is 11.6 Å². The molecule has 178 valence electrons. The van der Waals surface area contributed by atoms with Crippen molar-refractivity contribution < 1.29 is 12.8 Å². The summed E-state index contributed by atoms with van der Waals surface area (Å²) < 4.78 is 42.5. The lowest BCUT2D eigenvalue weighted by Crippen LogP contribution is -2.48. The predicted octanol–water partition coefficient (Wildman–Crippen LogP) is 6.06. The summed E-state index contributed by atoms with van der Waals surface area (Å²) in [4.78, 5) is 2.42. The van der Waals surface area contributed by atoms with Crippen molar-refractivity contribution in [3.63, 3.8) is 0 Å². The first-order valence-corrected chi connectivity index (χ1v) is 13.2. The third-order valence-electron chi connectivity index (χ3n) is 6.14. The second kappa shape index (κ2) is 9.82. The standard InChI is InChI=1S/C28H24ClFN2O2S/c29-24-6-4-5-20(15-24)18-32-19-26(31-35(33,34)27-7-2-1-3-8-27)17-23-16-22(11-14-28(23)32)21-9-12-25(30)13-10-21/h1-16,26,31H,17-19H2. The number of halogens is 2. The monoisotopic (exact) mass is 506 g/mol. The number of fused-ring (bicyclic) bond motifs is 1. The molecule has 5 rings (SSSR count). The van der Waals surface area contributed by atoms with Gasteiger partial charge in [0.1, 0.15) is 5.82 Å². The molecule has 7 heteroatoms. The van der Waals surface area contributed by atoms with E-state index in [9.17, 15) is 12.8 Å². The number of hydrogen-bond donors (Lipinski definition) is 1. The van der Waals surface area contributed by atoms with Crippen molar-refractivity contribution in [3.05, 3.63) is 119 Å². The minimum absolute atomic E-state index is 0.243. The lowest BCUT2D eigenvalue weighted by Gasteiger charge is -2.37. The molecular weight excluding hydrogens is 483 g/mol. The van der Waals surface area contributed by atoms with Crippen LogP contribution >= 0.6 is 11.6 Å². The van der Waals surface area contributed by atoms with Crippen LogP contribution in [0.25, 0.3) is 11.1 Å². The Kier molecular flexibility index (Phi) is 6.60. The van der Waals surface area contributed by atoms with Gasteiger partial charge in [0, 0.05) is 29.8 Å². The van der Waals surface area contributed by atoms with E-state index in [-0.39, 0.29) is 16.8 Å². The Morgan fingerprint density at radius 1 is 0.886 bits per heavy atom.